The van der Waals surface area contributed by atoms with Crippen molar-refractivity contribution in [1.29, 1.82) is 0 Å². The molecular formula is C26H25Cl2N5O. The zero-order chi connectivity index (χ0) is 23.4. The number of fused-ring (bicyclic) bond motifs is 1. The van der Waals surface area contributed by atoms with Gasteiger partial charge in [-0.25, -0.2) is 4.98 Å². The first kappa shape index (κ1) is 21.7. The number of anilines is 1. The van der Waals surface area contributed by atoms with Crippen LogP contribution in [0.15, 0.2) is 42.7 Å². The van der Waals surface area contributed by atoms with Gasteiger partial charge in [-0.2, -0.15) is 5.10 Å². The largest absolute Gasteiger partial charge is 0.486 e. The molecule has 2 fully saturated rings. The van der Waals surface area contributed by atoms with Crippen LogP contribution >= 0.6 is 23.2 Å². The molecule has 1 aliphatic carbocycles. The van der Waals surface area contributed by atoms with Crippen molar-refractivity contribution in [2.75, 3.05) is 18.0 Å². The molecule has 1 aromatic carbocycles. The lowest BCUT2D eigenvalue weighted by Crippen LogP contribution is -2.60. The molecule has 0 amide bonds. The van der Waals surface area contributed by atoms with Crippen LogP contribution in [0.5, 0.6) is 5.75 Å². The Kier molecular flexibility index (Phi) is 5.19. The number of nitrogens with one attached hydrogen (secondary N) is 1. The number of nitrogens with zero attached hydrogens (tertiary/aromatic N) is 4. The third-order valence-corrected chi connectivity index (χ3v) is 8.03. The smallest absolute Gasteiger partial charge is 0.128 e. The van der Waals surface area contributed by atoms with Crippen molar-refractivity contribution in [3.05, 3.63) is 64.0 Å². The maximum atomic E-state index is 6.47. The van der Waals surface area contributed by atoms with E-state index in [1.54, 1.807) is 6.20 Å². The molecule has 6 rings (SSSR count). The van der Waals surface area contributed by atoms with E-state index in [4.69, 9.17) is 32.9 Å². The predicted molar refractivity (Wildman–Crippen MR) is 136 cm³/mol. The van der Waals surface area contributed by atoms with Crippen LogP contribution in [0.1, 0.15) is 43.5 Å². The minimum absolute atomic E-state index is 0.342. The molecule has 1 saturated heterocycles. The summed E-state index contributed by atoms with van der Waals surface area (Å²) in [4.78, 5) is 11.3. The summed E-state index contributed by atoms with van der Waals surface area (Å²) in [5.74, 6) is 1.75. The Morgan fingerprint density at radius 1 is 1.09 bits per heavy atom. The van der Waals surface area contributed by atoms with Gasteiger partial charge in [0.2, 0.25) is 0 Å². The molecule has 0 radical (unpaired) electrons. The molecule has 1 N–H and O–H groups in total. The maximum absolute atomic E-state index is 6.47. The molecule has 4 aromatic rings. The summed E-state index contributed by atoms with van der Waals surface area (Å²) in [5, 5.41) is 9.66. The molecule has 1 atom stereocenters. The zero-order valence-corrected chi connectivity index (χ0v) is 20.6. The van der Waals surface area contributed by atoms with Gasteiger partial charge in [0.15, 0.2) is 0 Å². The van der Waals surface area contributed by atoms with Crippen molar-refractivity contribution in [1.82, 2.24) is 20.2 Å². The summed E-state index contributed by atoms with van der Waals surface area (Å²) in [6, 6.07) is 10.1. The first-order chi connectivity index (χ1) is 16.4. The molecular weight excluding hydrogens is 469 g/mol. The molecule has 1 saturated carbocycles. The number of ether oxygens (including phenoxy) is 1. The van der Waals surface area contributed by atoms with E-state index in [0.29, 0.717) is 21.2 Å². The molecule has 1 unspecified atom stereocenters. The Labute approximate surface area is 208 Å². The first-order valence-electron chi connectivity index (χ1n) is 11.6. The summed E-state index contributed by atoms with van der Waals surface area (Å²) in [7, 11) is 0. The average molecular weight is 494 g/mol. The van der Waals surface area contributed by atoms with Crippen LogP contribution in [0.3, 0.4) is 0 Å². The number of aryl methyl sites for hydroxylation is 1. The van der Waals surface area contributed by atoms with E-state index in [0.717, 1.165) is 52.3 Å². The lowest BCUT2D eigenvalue weighted by molar-refractivity contribution is 0.0896. The van der Waals surface area contributed by atoms with E-state index in [-0.39, 0.29) is 6.10 Å². The van der Waals surface area contributed by atoms with E-state index in [1.807, 2.05) is 38.2 Å². The van der Waals surface area contributed by atoms with Crippen molar-refractivity contribution >= 4 is 39.9 Å². The maximum Gasteiger partial charge on any atom is 0.128 e. The van der Waals surface area contributed by atoms with Gasteiger partial charge >= 0.3 is 0 Å². The fourth-order valence-corrected chi connectivity index (χ4v) is 5.78. The van der Waals surface area contributed by atoms with Crippen molar-refractivity contribution in [3.8, 4) is 17.0 Å². The molecule has 6 nitrogen and oxygen atoms in total. The summed E-state index contributed by atoms with van der Waals surface area (Å²) < 4.78 is 6.23. The van der Waals surface area contributed by atoms with E-state index in [9.17, 15) is 0 Å². The van der Waals surface area contributed by atoms with Crippen LogP contribution in [0.4, 0.5) is 5.82 Å². The lowest BCUT2D eigenvalue weighted by Gasteiger charge is -2.56. The van der Waals surface area contributed by atoms with E-state index in [2.05, 4.69) is 32.2 Å². The molecule has 174 valence electrons. The number of benzene rings is 1. The number of rotatable bonds is 5. The quantitative estimate of drug-likeness (QED) is 0.332. The van der Waals surface area contributed by atoms with Crippen LogP contribution in [0.2, 0.25) is 10.0 Å². The number of halogens is 2. The van der Waals surface area contributed by atoms with Gasteiger partial charge < -0.3 is 9.64 Å². The first-order valence-corrected chi connectivity index (χ1v) is 12.3. The normalized spacial score (nSPS) is 17.5. The van der Waals surface area contributed by atoms with Gasteiger partial charge in [0.05, 0.1) is 21.3 Å². The number of H-pyrrole nitrogens is 1. The topological polar surface area (TPSA) is 66.9 Å². The summed E-state index contributed by atoms with van der Waals surface area (Å²) >= 11 is 12.8. The van der Waals surface area contributed by atoms with E-state index in [1.165, 1.54) is 19.3 Å². The van der Waals surface area contributed by atoms with Crippen molar-refractivity contribution in [3.63, 3.8) is 0 Å². The molecule has 8 heteroatoms. The van der Waals surface area contributed by atoms with Crippen LogP contribution in [-0.2, 0) is 0 Å². The Bertz CT molecular complexity index is 1370. The highest BCUT2D eigenvalue weighted by molar-refractivity contribution is 6.36. The van der Waals surface area contributed by atoms with Crippen molar-refractivity contribution in [2.24, 2.45) is 5.41 Å². The van der Waals surface area contributed by atoms with Gasteiger partial charge in [-0.3, -0.25) is 10.1 Å². The Hall–Kier alpha value is -2.83. The minimum atomic E-state index is -0.342. The minimum Gasteiger partial charge on any atom is -0.486 e. The van der Waals surface area contributed by atoms with Crippen LogP contribution in [-0.4, -0.2) is 33.3 Å². The Morgan fingerprint density at radius 2 is 1.91 bits per heavy atom. The molecule has 1 spiro atoms. The average Bonchev–Trinajstić information content (AvgIpc) is 3.18. The van der Waals surface area contributed by atoms with Crippen molar-refractivity contribution < 1.29 is 4.74 Å². The van der Waals surface area contributed by atoms with Crippen LogP contribution in [0, 0.1) is 12.3 Å². The SMILES string of the molecule is Cc1ncc(Cl)c(C(C)Oc2ccc3[nH]nc(-c4ccc(N5CC6(CCC6)C5)nc4)c3c2)c1Cl. The number of hydrogen-bond acceptors (Lipinski definition) is 5. The fourth-order valence-electron chi connectivity index (χ4n) is 5.13. The second-order valence-corrected chi connectivity index (χ2v) is 10.4. The van der Waals surface area contributed by atoms with Crippen molar-refractivity contribution in [2.45, 2.75) is 39.2 Å². The summed E-state index contributed by atoms with van der Waals surface area (Å²) in [5.41, 5.74) is 4.79. The van der Waals surface area contributed by atoms with E-state index >= 15 is 0 Å². The van der Waals surface area contributed by atoms with E-state index < -0.39 is 0 Å². The molecule has 0 bridgehead atoms. The molecule has 3 aromatic heterocycles. The monoisotopic (exact) mass is 493 g/mol. The molecule has 34 heavy (non-hydrogen) atoms. The number of aromatic nitrogens is 4. The Morgan fingerprint density at radius 3 is 2.62 bits per heavy atom. The zero-order valence-electron chi connectivity index (χ0n) is 19.1. The van der Waals surface area contributed by atoms with Gasteiger partial charge in [-0.1, -0.05) is 29.6 Å². The number of aromatic amines is 1. The summed E-state index contributed by atoms with van der Waals surface area (Å²) in [6.07, 6.45) is 7.28. The van der Waals surface area contributed by atoms with Crippen LogP contribution in [0.25, 0.3) is 22.2 Å². The number of hydrogen-bond donors (Lipinski definition) is 1. The third kappa shape index (κ3) is 3.60. The Balaban J connectivity index is 1.24. The standard InChI is InChI=1S/C26H25Cl2N5O/c1-15-24(28)23(20(27)12-29-15)16(2)34-18-5-6-21-19(10-18)25(32-31-21)17-4-7-22(30-11-17)33-13-26(14-33)8-3-9-26/h4-7,10-12,16H,3,8-9,13-14H2,1-2H3,(H,31,32). The molecule has 2 aliphatic rings. The van der Waals surface area contributed by atoms with Gasteiger partial charge in [-0.15, -0.1) is 0 Å². The second-order valence-electron chi connectivity index (χ2n) is 9.57. The predicted octanol–water partition coefficient (Wildman–Crippen LogP) is 6.77. The van der Waals surface area contributed by atoms with Gasteiger partial charge in [0, 0.05) is 47.4 Å². The van der Waals surface area contributed by atoms with Gasteiger partial charge in [-0.05, 0) is 57.0 Å². The fraction of sp³-hybridized carbons (Fsp3) is 0.346. The summed E-state index contributed by atoms with van der Waals surface area (Å²) in [6.45, 7) is 6.05. The highest BCUT2D eigenvalue weighted by Crippen LogP contribution is 2.49. The highest BCUT2D eigenvalue weighted by Gasteiger charge is 2.47. The van der Waals surface area contributed by atoms with Crippen LogP contribution < -0.4 is 9.64 Å². The molecule has 1 aliphatic heterocycles. The lowest BCUT2D eigenvalue weighted by atomic mass is 9.63. The van der Waals surface area contributed by atoms with Gasteiger partial charge in [0.1, 0.15) is 23.4 Å². The highest BCUT2D eigenvalue weighted by atomic mass is 35.5. The third-order valence-electron chi connectivity index (χ3n) is 7.25. The number of pyridine rings is 2. The molecule has 4 heterocycles. The van der Waals surface area contributed by atoms with Gasteiger partial charge in [0.25, 0.3) is 0 Å². The second kappa shape index (κ2) is 8.14.